The summed E-state index contributed by atoms with van der Waals surface area (Å²) in [5.74, 6) is 2.31. The molecule has 1 heterocycles. The predicted octanol–water partition coefficient (Wildman–Crippen LogP) is 1.56. The number of hydrogen-bond donors (Lipinski definition) is 1. The average Bonchev–Trinajstić information content (AvgIpc) is 3.07. The van der Waals surface area contributed by atoms with E-state index in [-0.39, 0.29) is 0 Å². The summed E-state index contributed by atoms with van der Waals surface area (Å²) in [7, 11) is 4.88. The molecule has 8 nitrogen and oxygen atoms in total. The summed E-state index contributed by atoms with van der Waals surface area (Å²) in [4.78, 5) is 15.4. The molecule has 0 spiro atoms. The van der Waals surface area contributed by atoms with Gasteiger partial charge in [0.1, 0.15) is 26.0 Å². The molecule has 1 aromatic heterocycles. The van der Waals surface area contributed by atoms with Crippen LogP contribution in [0.15, 0.2) is 0 Å². The Morgan fingerprint density at radius 3 is 2.27 bits per heavy atom. The van der Waals surface area contributed by atoms with Gasteiger partial charge in [-0.25, -0.2) is 0 Å². The highest BCUT2D eigenvalue weighted by Crippen LogP contribution is 2.33. The Morgan fingerprint density at radius 1 is 1.00 bits per heavy atom. The molecule has 0 aliphatic heterocycles. The van der Waals surface area contributed by atoms with Crippen LogP contribution in [0.25, 0.3) is 0 Å². The fourth-order valence-corrected chi connectivity index (χ4v) is 2.57. The minimum Gasteiger partial charge on any atom is -0.364 e. The second-order valence-corrected chi connectivity index (χ2v) is 5.28. The summed E-state index contributed by atoms with van der Waals surface area (Å²) in [5.41, 5.74) is 0. The molecular weight excluding hydrogens is 286 g/mol. The zero-order valence-corrected chi connectivity index (χ0v) is 13.5. The van der Waals surface area contributed by atoms with Crippen molar-refractivity contribution in [1.82, 2.24) is 15.0 Å². The van der Waals surface area contributed by atoms with Crippen LogP contribution in [-0.2, 0) is 14.2 Å². The van der Waals surface area contributed by atoms with E-state index >= 15 is 0 Å². The van der Waals surface area contributed by atoms with Crippen molar-refractivity contribution in [2.24, 2.45) is 0 Å². The van der Waals surface area contributed by atoms with Crippen molar-refractivity contribution in [1.29, 1.82) is 0 Å². The highest BCUT2D eigenvalue weighted by atomic mass is 16.5. The van der Waals surface area contributed by atoms with E-state index in [0.29, 0.717) is 38.0 Å². The van der Waals surface area contributed by atoms with Gasteiger partial charge in [0.25, 0.3) is 0 Å². The van der Waals surface area contributed by atoms with Crippen LogP contribution in [0.1, 0.15) is 37.4 Å². The van der Waals surface area contributed by atoms with Gasteiger partial charge in [-0.3, -0.25) is 4.90 Å². The number of nitrogens with zero attached hydrogens (tertiary/aromatic N) is 4. The second kappa shape index (κ2) is 8.82. The molecule has 1 saturated carbocycles. The summed E-state index contributed by atoms with van der Waals surface area (Å²) < 4.78 is 15.4. The Kier molecular flexibility index (Phi) is 6.75. The van der Waals surface area contributed by atoms with Crippen molar-refractivity contribution < 1.29 is 14.2 Å². The molecule has 22 heavy (non-hydrogen) atoms. The quantitative estimate of drug-likeness (QED) is 0.688. The Labute approximate surface area is 131 Å². The van der Waals surface area contributed by atoms with E-state index in [0.717, 1.165) is 18.7 Å². The molecule has 1 aliphatic carbocycles. The van der Waals surface area contributed by atoms with Gasteiger partial charge in [-0.1, -0.05) is 12.8 Å². The van der Waals surface area contributed by atoms with Crippen LogP contribution in [-0.4, -0.2) is 56.5 Å². The number of rotatable bonds is 9. The van der Waals surface area contributed by atoms with E-state index in [1.165, 1.54) is 12.8 Å². The van der Waals surface area contributed by atoms with Crippen molar-refractivity contribution in [3.63, 3.8) is 0 Å². The fourth-order valence-electron chi connectivity index (χ4n) is 2.57. The number of aromatic nitrogens is 3. The van der Waals surface area contributed by atoms with Gasteiger partial charge >= 0.3 is 0 Å². The molecule has 0 aromatic carbocycles. The van der Waals surface area contributed by atoms with E-state index in [1.807, 2.05) is 4.90 Å². The van der Waals surface area contributed by atoms with Crippen LogP contribution in [0.2, 0.25) is 0 Å². The van der Waals surface area contributed by atoms with Crippen LogP contribution in [0.5, 0.6) is 0 Å². The van der Waals surface area contributed by atoms with Crippen molar-refractivity contribution in [3.8, 4) is 0 Å². The molecule has 1 aromatic rings. The molecule has 1 N–H and O–H groups in total. The van der Waals surface area contributed by atoms with Crippen LogP contribution >= 0.6 is 0 Å². The molecule has 0 radical (unpaired) electrons. The summed E-state index contributed by atoms with van der Waals surface area (Å²) in [5, 5.41) is 3.04. The highest BCUT2D eigenvalue weighted by molar-refractivity contribution is 5.37. The topological polar surface area (TPSA) is 81.6 Å². The number of nitrogens with one attached hydrogen (secondary N) is 1. The van der Waals surface area contributed by atoms with Gasteiger partial charge in [0.05, 0.1) is 0 Å². The van der Waals surface area contributed by atoms with Gasteiger partial charge < -0.3 is 19.5 Å². The number of ether oxygens (including phenoxy) is 3. The number of hydrogen-bond acceptors (Lipinski definition) is 8. The molecule has 0 saturated heterocycles. The van der Waals surface area contributed by atoms with Crippen LogP contribution in [0, 0.1) is 0 Å². The third-order valence-corrected chi connectivity index (χ3v) is 3.59. The Hall–Kier alpha value is -1.51. The lowest BCUT2D eigenvalue weighted by molar-refractivity contribution is 0.138. The summed E-state index contributed by atoms with van der Waals surface area (Å²) in [6, 6.07) is 0. The number of methoxy groups -OCH3 is 3. The predicted molar refractivity (Wildman–Crippen MR) is 82.8 cm³/mol. The van der Waals surface area contributed by atoms with Gasteiger partial charge in [-0.15, -0.1) is 0 Å². The summed E-state index contributed by atoms with van der Waals surface area (Å²) in [6.45, 7) is 1.06. The van der Waals surface area contributed by atoms with Gasteiger partial charge in [-0.05, 0) is 12.8 Å². The molecule has 0 unspecified atom stereocenters. The SMILES string of the molecule is COCNc1nc(C2CCCC2)nc(N(COC)COC)n1. The van der Waals surface area contributed by atoms with Crippen molar-refractivity contribution >= 4 is 11.9 Å². The van der Waals surface area contributed by atoms with E-state index in [4.69, 9.17) is 14.2 Å². The number of anilines is 2. The Morgan fingerprint density at radius 2 is 1.68 bits per heavy atom. The standard InChI is InChI=1S/C14H25N5O3/c1-20-8-15-13-16-12(11-6-4-5-7-11)17-14(18-13)19(9-21-2)10-22-3/h11H,4-10H2,1-3H3,(H,15,16,17,18). The molecule has 1 fully saturated rings. The average molecular weight is 311 g/mol. The Bertz CT molecular complexity index is 448. The first kappa shape index (κ1) is 16.9. The molecule has 0 bridgehead atoms. The first-order valence-electron chi connectivity index (χ1n) is 7.50. The monoisotopic (exact) mass is 311 g/mol. The van der Waals surface area contributed by atoms with Crippen LogP contribution < -0.4 is 10.2 Å². The fraction of sp³-hybridized carbons (Fsp3) is 0.786. The molecule has 8 heteroatoms. The second-order valence-electron chi connectivity index (χ2n) is 5.28. The van der Waals surface area contributed by atoms with Gasteiger partial charge in [0.2, 0.25) is 11.9 Å². The van der Waals surface area contributed by atoms with Crippen LogP contribution in [0.4, 0.5) is 11.9 Å². The summed E-state index contributed by atoms with van der Waals surface area (Å²) in [6.07, 6.45) is 4.71. The third-order valence-electron chi connectivity index (χ3n) is 3.59. The highest BCUT2D eigenvalue weighted by Gasteiger charge is 2.23. The minimum atomic E-state index is 0.349. The normalized spacial score (nSPS) is 15.2. The first-order chi connectivity index (χ1) is 10.8. The van der Waals surface area contributed by atoms with E-state index in [2.05, 4.69) is 20.3 Å². The minimum absolute atomic E-state index is 0.349. The van der Waals surface area contributed by atoms with E-state index in [1.54, 1.807) is 21.3 Å². The molecule has 2 rings (SSSR count). The van der Waals surface area contributed by atoms with Crippen molar-refractivity contribution in [2.75, 3.05) is 51.7 Å². The maximum Gasteiger partial charge on any atom is 0.234 e. The van der Waals surface area contributed by atoms with Crippen molar-refractivity contribution in [3.05, 3.63) is 5.82 Å². The molecule has 124 valence electrons. The van der Waals surface area contributed by atoms with Crippen LogP contribution in [0.3, 0.4) is 0 Å². The smallest absolute Gasteiger partial charge is 0.234 e. The van der Waals surface area contributed by atoms with Gasteiger partial charge in [-0.2, -0.15) is 15.0 Å². The van der Waals surface area contributed by atoms with Gasteiger partial charge in [0.15, 0.2) is 0 Å². The Balaban J connectivity index is 2.26. The van der Waals surface area contributed by atoms with E-state index < -0.39 is 0 Å². The maximum atomic E-state index is 5.20. The third kappa shape index (κ3) is 4.49. The molecule has 1 aliphatic rings. The zero-order chi connectivity index (χ0) is 15.8. The molecule has 0 atom stereocenters. The zero-order valence-electron chi connectivity index (χ0n) is 13.5. The van der Waals surface area contributed by atoms with E-state index in [9.17, 15) is 0 Å². The summed E-state index contributed by atoms with van der Waals surface area (Å²) >= 11 is 0. The lowest BCUT2D eigenvalue weighted by Gasteiger charge is -2.22. The van der Waals surface area contributed by atoms with Crippen molar-refractivity contribution in [2.45, 2.75) is 31.6 Å². The lowest BCUT2D eigenvalue weighted by Crippen LogP contribution is -2.30. The lowest BCUT2D eigenvalue weighted by atomic mass is 10.1. The molecule has 0 amide bonds. The van der Waals surface area contributed by atoms with Gasteiger partial charge in [0, 0.05) is 27.2 Å². The molecular formula is C14H25N5O3. The maximum absolute atomic E-state index is 5.20. The first-order valence-corrected chi connectivity index (χ1v) is 7.50. The largest absolute Gasteiger partial charge is 0.364 e.